The number of carbonyl (C=O) groups excluding carboxylic acids is 1. The number of nitrogens with one attached hydrogen (secondary N) is 1. The average molecular weight is 230 g/mol. The molecule has 0 aromatic heterocycles. The lowest BCUT2D eigenvalue weighted by molar-refractivity contribution is 0.133. The van der Waals surface area contributed by atoms with Gasteiger partial charge in [0.1, 0.15) is 6.67 Å². The smallest absolute Gasteiger partial charge is 0.332 e. The van der Waals surface area contributed by atoms with Gasteiger partial charge in [0, 0.05) is 19.5 Å². The molecule has 0 fully saturated rings. The van der Waals surface area contributed by atoms with Gasteiger partial charge in [-0.1, -0.05) is 20.8 Å². The van der Waals surface area contributed by atoms with E-state index >= 15 is 0 Å². The zero-order valence-electron chi connectivity index (χ0n) is 9.87. The van der Waals surface area contributed by atoms with Gasteiger partial charge < -0.3 is 5.32 Å². The SMILES string of the molecule is CNC(=O)N(C)N1CN=C(C(C)(C)C)S1. The monoisotopic (exact) mass is 230 g/mol. The summed E-state index contributed by atoms with van der Waals surface area (Å²) in [5.74, 6) is 0. The molecule has 0 saturated carbocycles. The highest BCUT2D eigenvalue weighted by molar-refractivity contribution is 8.12. The van der Waals surface area contributed by atoms with Crippen LogP contribution < -0.4 is 5.32 Å². The minimum atomic E-state index is -0.132. The lowest BCUT2D eigenvalue weighted by atomic mass is 9.99. The highest BCUT2D eigenvalue weighted by Crippen LogP contribution is 2.32. The van der Waals surface area contributed by atoms with Crippen molar-refractivity contribution in [2.75, 3.05) is 20.8 Å². The van der Waals surface area contributed by atoms with E-state index in [4.69, 9.17) is 0 Å². The Balaban J connectivity index is 2.57. The van der Waals surface area contributed by atoms with Crippen molar-refractivity contribution in [3.63, 3.8) is 0 Å². The van der Waals surface area contributed by atoms with Crippen molar-refractivity contribution in [1.82, 2.24) is 14.7 Å². The zero-order valence-corrected chi connectivity index (χ0v) is 10.7. The second kappa shape index (κ2) is 4.40. The second-order valence-corrected chi connectivity index (χ2v) is 5.37. The second-order valence-electron chi connectivity index (χ2n) is 4.38. The molecule has 0 radical (unpaired) electrons. The van der Waals surface area contributed by atoms with Gasteiger partial charge in [-0.15, -0.1) is 4.41 Å². The fourth-order valence-corrected chi connectivity index (χ4v) is 1.98. The summed E-state index contributed by atoms with van der Waals surface area (Å²) < 4.78 is 1.83. The van der Waals surface area contributed by atoms with Crippen LogP contribution >= 0.6 is 11.9 Å². The van der Waals surface area contributed by atoms with Crippen LogP contribution in [0.5, 0.6) is 0 Å². The Kier molecular flexibility index (Phi) is 3.62. The molecular weight excluding hydrogens is 212 g/mol. The van der Waals surface area contributed by atoms with Crippen molar-refractivity contribution in [2.45, 2.75) is 20.8 Å². The Hall–Kier alpha value is -0.750. The van der Waals surface area contributed by atoms with Crippen molar-refractivity contribution in [3.05, 3.63) is 0 Å². The Morgan fingerprint density at radius 1 is 1.60 bits per heavy atom. The number of nitrogens with zero attached hydrogens (tertiary/aromatic N) is 3. The number of hydrazine groups is 1. The Labute approximate surface area is 95.0 Å². The van der Waals surface area contributed by atoms with Gasteiger partial charge in [0.05, 0.1) is 5.04 Å². The first-order valence-corrected chi connectivity index (χ1v) is 5.59. The van der Waals surface area contributed by atoms with E-state index in [2.05, 4.69) is 31.1 Å². The summed E-state index contributed by atoms with van der Waals surface area (Å²) in [6.45, 7) is 6.87. The molecule has 0 saturated heterocycles. The van der Waals surface area contributed by atoms with Crippen molar-refractivity contribution in [1.29, 1.82) is 0 Å². The quantitative estimate of drug-likeness (QED) is 0.695. The first-order chi connectivity index (χ1) is 6.86. The molecule has 0 atom stereocenters. The third kappa shape index (κ3) is 2.85. The number of aliphatic imine (C=N–C) groups is 1. The summed E-state index contributed by atoms with van der Waals surface area (Å²) in [6.07, 6.45) is 0. The fourth-order valence-electron chi connectivity index (χ4n) is 1.08. The van der Waals surface area contributed by atoms with E-state index in [1.165, 1.54) is 17.0 Å². The van der Waals surface area contributed by atoms with Crippen LogP contribution in [0, 0.1) is 5.41 Å². The molecule has 1 N–H and O–H groups in total. The van der Waals surface area contributed by atoms with Crippen LogP contribution in [-0.2, 0) is 0 Å². The largest absolute Gasteiger partial charge is 0.340 e. The molecule has 0 aliphatic carbocycles. The first kappa shape index (κ1) is 12.3. The lowest BCUT2D eigenvalue weighted by Crippen LogP contribution is -2.43. The number of rotatable bonds is 1. The average Bonchev–Trinajstić information content (AvgIpc) is 2.63. The molecule has 0 aromatic carbocycles. The van der Waals surface area contributed by atoms with E-state index in [-0.39, 0.29) is 11.4 Å². The van der Waals surface area contributed by atoms with Gasteiger partial charge in [0.25, 0.3) is 0 Å². The molecule has 6 heteroatoms. The van der Waals surface area contributed by atoms with E-state index in [9.17, 15) is 4.79 Å². The minimum Gasteiger partial charge on any atom is -0.340 e. The standard InChI is InChI=1S/C9H18N4OS/c1-9(2,3)7-11-6-13(15-7)12(5)8(14)10-4/h6H2,1-5H3,(H,10,14). The number of amides is 2. The third-order valence-electron chi connectivity index (χ3n) is 2.01. The minimum absolute atomic E-state index is 0.0446. The number of hydrogen-bond acceptors (Lipinski definition) is 4. The molecule has 1 aliphatic rings. The molecule has 5 nitrogen and oxygen atoms in total. The van der Waals surface area contributed by atoms with Gasteiger partial charge in [-0.2, -0.15) is 0 Å². The van der Waals surface area contributed by atoms with Gasteiger partial charge in [-0.05, 0) is 11.9 Å². The van der Waals surface area contributed by atoms with Crippen LogP contribution in [0.2, 0.25) is 0 Å². The van der Waals surface area contributed by atoms with Crippen molar-refractivity contribution in [2.24, 2.45) is 10.4 Å². The lowest BCUT2D eigenvalue weighted by Gasteiger charge is -2.26. The fraction of sp³-hybridized carbons (Fsp3) is 0.778. The van der Waals surface area contributed by atoms with Gasteiger partial charge in [-0.3, -0.25) is 4.99 Å². The topological polar surface area (TPSA) is 47.9 Å². The third-order valence-corrected chi connectivity index (χ3v) is 3.50. The van der Waals surface area contributed by atoms with Crippen LogP contribution in [0.1, 0.15) is 20.8 Å². The van der Waals surface area contributed by atoms with E-state index in [0.29, 0.717) is 6.67 Å². The summed E-state index contributed by atoms with van der Waals surface area (Å²) in [4.78, 5) is 15.8. The first-order valence-electron chi connectivity index (χ1n) is 4.82. The maximum atomic E-state index is 11.4. The molecule has 0 unspecified atom stereocenters. The van der Waals surface area contributed by atoms with Crippen molar-refractivity contribution < 1.29 is 4.79 Å². The molecular formula is C9H18N4OS. The molecule has 0 bridgehead atoms. The van der Waals surface area contributed by atoms with Gasteiger partial charge in [0.2, 0.25) is 0 Å². The molecule has 0 aromatic rings. The van der Waals surface area contributed by atoms with Gasteiger partial charge >= 0.3 is 6.03 Å². The summed E-state index contributed by atoms with van der Waals surface area (Å²) in [5.41, 5.74) is 0.0446. The van der Waals surface area contributed by atoms with Gasteiger partial charge in [0.15, 0.2) is 0 Å². The van der Waals surface area contributed by atoms with Gasteiger partial charge in [-0.25, -0.2) is 9.80 Å². The highest BCUT2D eigenvalue weighted by Gasteiger charge is 2.30. The van der Waals surface area contributed by atoms with E-state index in [1.807, 2.05) is 4.41 Å². The normalized spacial score (nSPS) is 17.5. The number of carbonyl (C=O) groups is 1. The zero-order chi connectivity index (χ0) is 11.6. The van der Waals surface area contributed by atoms with Crippen LogP contribution in [0.4, 0.5) is 4.79 Å². The van der Waals surface area contributed by atoms with Crippen LogP contribution in [-0.4, -0.2) is 41.3 Å². The molecule has 1 aliphatic heterocycles. The van der Waals surface area contributed by atoms with E-state index in [1.54, 1.807) is 14.1 Å². The Morgan fingerprint density at radius 2 is 2.20 bits per heavy atom. The molecule has 2 amide bonds. The predicted molar refractivity (Wildman–Crippen MR) is 63.4 cm³/mol. The van der Waals surface area contributed by atoms with Crippen molar-refractivity contribution >= 4 is 23.0 Å². The highest BCUT2D eigenvalue weighted by atomic mass is 32.2. The molecule has 86 valence electrons. The molecule has 0 spiro atoms. The maximum absolute atomic E-state index is 11.4. The van der Waals surface area contributed by atoms with Crippen molar-refractivity contribution in [3.8, 4) is 0 Å². The number of urea groups is 1. The summed E-state index contributed by atoms with van der Waals surface area (Å²) in [6, 6.07) is -0.132. The van der Waals surface area contributed by atoms with E-state index in [0.717, 1.165) is 5.04 Å². The summed E-state index contributed by atoms with van der Waals surface area (Å²) in [7, 11) is 3.35. The molecule has 15 heavy (non-hydrogen) atoms. The molecule has 1 heterocycles. The predicted octanol–water partition coefficient (Wildman–Crippen LogP) is 1.54. The summed E-state index contributed by atoms with van der Waals surface area (Å²) in [5, 5.41) is 5.16. The Morgan fingerprint density at radius 3 is 2.60 bits per heavy atom. The van der Waals surface area contributed by atoms with E-state index < -0.39 is 0 Å². The number of hydrogen-bond donors (Lipinski definition) is 1. The summed E-state index contributed by atoms with van der Waals surface area (Å²) >= 11 is 1.52. The van der Waals surface area contributed by atoms with Crippen LogP contribution in [0.15, 0.2) is 4.99 Å². The maximum Gasteiger partial charge on any atom is 0.332 e. The molecule has 1 rings (SSSR count). The van der Waals surface area contributed by atoms with Crippen LogP contribution in [0.3, 0.4) is 0 Å². The van der Waals surface area contributed by atoms with Crippen LogP contribution in [0.25, 0.3) is 0 Å². The Bertz CT molecular complexity index is 284.